The normalized spacial score (nSPS) is 13.6. The summed E-state index contributed by atoms with van der Waals surface area (Å²) in [5.74, 6) is -4.39. The van der Waals surface area contributed by atoms with E-state index in [0.717, 1.165) is 17.2 Å². The van der Waals surface area contributed by atoms with Gasteiger partial charge in [0, 0.05) is 13.0 Å². The largest absolute Gasteiger partial charge is 0.433 e. The Balaban J connectivity index is 1.82. The number of rotatable bonds is 19. The molecular formula is C38H49F3N8O5. The molecule has 0 saturated carbocycles. The second-order valence-electron chi connectivity index (χ2n) is 13.3. The highest BCUT2D eigenvalue weighted by Crippen LogP contribution is 2.28. The molecule has 0 aliphatic carbocycles. The predicted octanol–water partition coefficient (Wildman–Crippen LogP) is 2.26. The molecule has 0 aliphatic rings. The number of carbonyl (C=O) groups excluding carboxylic acids is 5. The average molecular weight is 755 g/mol. The molecule has 3 rings (SSSR count). The summed E-state index contributed by atoms with van der Waals surface area (Å²) in [4.78, 5) is 70.8. The van der Waals surface area contributed by atoms with E-state index in [-0.39, 0.29) is 50.3 Å². The summed E-state index contributed by atoms with van der Waals surface area (Å²) in [6.45, 7) is 3.57. The maximum atomic E-state index is 13.9. The van der Waals surface area contributed by atoms with Gasteiger partial charge in [-0.1, -0.05) is 80.6 Å². The first kappa shape index (κ1) is 43.2. The zero-order valence-corrected chi connectivity index (χ0v) is 30.3. The Hall–Kier alpha value is -5.19. The molecule has 13 nitrogen and oxygen atoms in total. The van der Waals surface area contributed by atoms with Crippen molar-refractivity contribution in [3.05, 3.63) is 101 Å². The fourth-order valence-electron chi connectivity index (χ4n) is 5.57. The summed E-state index contributed by atoms with van der Waals surface area (Å²) in [7, 11) is 0. The SMILES string of the molecule is CC(C)C[C@@H](NC(=O)[C@@H](Cc1ccccc1)NC(=O)[C@H](N)Cc1ccccc1)C(=O)N[C@H](CCCCN)C(=O)NC(=O)c1nc(C(F)(F)F)ccc1CN. The summed E-state index contributed by atoms with van der Waals surface area (Å²) >= 11 is 0. The molecule has 4 atom stereocenters. The number of alkyl halides is 3. The van der Waals surface area contributed by atoms with Gasteiger partial charge in [-0.3, -0.25) is 29.3 Å². The van der Waals surface area contributed by atoms with Crippen molar-refractivity contribution in [1.29, 1.82) is 0 Å². The van der Waals surface area contributed by atoms with Gasteiger partial charge in [0.15, 0.2) is 0 Å². The van der Waals surface area contributed by atoms with Crippen LogP contribution in [-0.2, 0) is 44.7 Å². The van der Waals surface area contributed by atoms with E-state index in [1.807, 2.05) is 49.5 Å². The van der Waals surface area contributed by atoms with Crippen LogP contribution in [0.1, 0.15) is 72.4 Å². The number of unbranched alkanes of at least 4 members (excludes halogenated alkanes) is 1. The third kappa shape index (κ3) is 13.7. The van der Waals surface area contributed by atoms with E-state index in [2.05, 4.69) is 20.9 Å². The van der Waals surface area contributed by atoms with Gasteiger partial charge >= 0.3 is 6.18 Å². The molecule has 1 aromatic heterocycles. The minimum Gasteiger partial charge on any atom is -0.343 e. The van der Waals surface area contributed by atoms with Crippen LogP contribution in [0.5, 0.6) is 0 Å². The van der Waals surface area contributed by atoms with Gasteiger partial charge in [-0.2, -0.15) is 13.2 Å². The molecule has 10 N–H and O–H groups in total. The number of benzene rings is 2. The summed E-state index contributed by atoms with van der Waals surface area (Å²) < 4.78 is 40.1. The Morgan fingerprint density at radius 1 is 0.704 bits per heavy atom. The van der Waals surface area contributed by atoms with Crippen LogP contribution in [0.3, 0.4) is 0 Å². The summed E-state index contributed by atoms with van der Waals surface area (Å²) in [6, 6.07) is 15.1. The summed E-state index contributed by atoms with van der Waals surface area (Å²) in [6.07, 6.45) is -3.63. The second-order valence-corrected chi connectivity index (χ2v) is 13.3. The van der Waals surface area contributed by atoms with Gasteiger partial charge in [-0.05, 0) is 67.3 Å². The van der Waals surface area contributed by atoms with E-state index in [9.17, 15) is 37.1 Å². The standard InChI is InChI=1S/C38H49F3N8O5/c1-23(2)19-29(47-36(53)30(21-25-13-7-4-8-14-25)46-33(50)27(44)20-24-11-5-3-6-12-24)35(52)45-28(15-9-10-18-42)34(51)49-37(54)32-26(22-43)16-17-31(48-32)38(39,40)41/h3-8,11-14,16-17,23,27-30H,9-10,15,18-22,42-44H2,1-2H3,(H,45,52)(H,46,50)(H,47,53)(H,49,51,54)/t27-,28-,29-,30-/m1/s1. The number of aromatic nitrogens is 1. The Morgan fingerprint density at radius 3 is 1.81 bits per heavy atom. The highest BCUT2D eigenvalue weighted by Gasteiger charge is 2.35. The van der Waals surface area contributed by atoms with Crippen molar-refractivity contribution in [2.75, 3.05) is 6.54 Å². The minimum absolute atomic E-state index is 0.0101. The van der Waals surface area contributed by atoms with Crippen LogP contribution in [0.2, 0.25) is 0 Å². The Morgan fingerprint density at radius 2 is 1.26 bits per heavy atom. The Bertz CT molecular complexity index is 1710. The molecule has 2 aromatic carbocycles. The van der Waals surface area contributed by atoms with Crippen LogP contribution < -0.4 is 38.5 Å². The molecule has 54 heavy (non-hydrogen) atoms. The number of pyridine rings is 1. The molecule has 0 unspecified atom stereocenters. The molecule has 16 heteroatoms. The lowest BCUT2D eigenvalue weighted by molar-refractivity contribution is -0.141. The quantitative estimate of drug-likeness (QED) is 0.0891. The smallest absolute Gasteiger partial charge is 0.343 e. The lowest BCUT2D eigenvalue weighted by Gasteiger charge is -2.27. The van der Waals surface area contributed by atoms with Gasteiger partial charge in [0.05, 0.1) is 6.04 Å². The summed E-state index contributed by atoms with van der Waals surface area (Å²) in [5, 5.41) is 10.1. The molecule has 0 spiro atoms. The van der Waals surface area contributed by atoms with Crippen LogP contribution in [0.4, 0.5) is 13.2 Å². The third-order valence-corrected chi connectivity index (χ3v) is 8.41. The number of hydrogen-bond acceptors (Lipinski definition) is 9. The van der Waals surface area contributed by atoms with Gasteiger partial charge in [-0.25, -0.2) is 4.98 Å². The zero-order valence-electron chi connectivity index (χ0n) is 30.3. The molecular weight excluding hydrogens is 705 g/mol. The number of halogens is 3. The maximum Gasteiger partial charge on any atom is 0.433 e. The molecule has 0 radical (unpaired) electrons. The highest BCUT2D eigenvalue weighted by molar-refractivity contribution is 6.06. The maximum absolute atomic E-state index is 13.9. The lowest BCUT2D eigenvalue weighted by Crippen LogP contribution is -2.58. The number of amides is 5. The fourth-order valence-corrected chi connectivity index (χ4v) is 5.57. The number of nitrogens with one attached hydrogen (secondary N) is 4. The Labute approximate surface area is 312 Å². The number of nitrogens with zero attached hydrogens (tertiary/aromatic N) is 1. The van der Waals surface area contributed by atoms with E-state index in [1.54, 1.807) is 30.3 Å². The monoisotopic (exact) mass is 754 g/mol. The van der Waals surface area contributed by atoms with Gasteiger partial charge in [0.2, 0.25) is 23.6 Å². The topological polar surface area (TPSA) is 224 Å². The van der Waals surface area contributed by atoms with Crippen LogP contribution in [0, 0.1) is 5.92 Å². The number of carbonyl (C=O) groups is 5. The van der Waals surface area contributed by atoms with E-state index in [0.29, 0.717) is 18.9 Å². The van der Waals surface area contributed by atoms with E-state index >= 15 is 0 Å². The molecule has 5 amide bonds. The molecule has 3 aromatic rings. The molecule has 0 fully saturated rings. The molecule has 1 heterocycles. The van der Waals surface area contributed by atoms with Crippen molar-refractivity contribution < 1.29 is 37.1 Å². The van der Waals surface area contributed by atoms with Crippen molar-refractivity contribution in [3.8, 4) is 0 Å². The van der Waals surface area contributed by atoms with Crippen LogP contribution in [0.15, 0.2) is 72.8 Å². The van der Waals surface area contributed by atoms with Crippen molar-refractivity contribution in [1.82, 2.24) is 26.3 Å². The first-order chi connectivity index (χ1) is 25.6. The molecule has 0 bridgehead atoms. The first-order valence-electron chi connectivity index (χ1n) is 17.7. The fraction of sp³-hybridized carbons (Fsp3) is 0.421. The van der Waals surface area contributed by atoms with Crippen LogP contribution in [-0.4, -0.2) is 65.2 Å². The van der Waals surface area contributed by atoms with Crippen molar-refractivity contribution in [2.24, 2.45) is 23.1 Å². The molecule has 292 valence electrons. The van der Waals surface area contributed by atoms with Crippen molar-refractivity contribution >= 4 is 29.5 Å². The van der Waals surface area contributed by atoms with Gasteiger partial charge < -0.3 is 33.2 Å². The second kappa shape index (κ2) is 20.9. The van der Waals surface area contributed by atoms with Gasteiger partial charge in [0.25, 0.3) is 5.91 Å². The average Bonchev–Trinajstić information content (AvgIpc) is 3.13. The van der Waals surface area contributed by atoms with Crippen LogP contribution in [0.25, 0.3) is 0 Å². The van der Waals surface area contributed by atoms with E-state index in [1.165, 1.54) is 0 Å². The molecule has 0 aliphatic heterocycles. The van der Waals surface area contributed by atoms with Crippen molar-refractivity contribution in [3.63, 3.8) is 0 Å². The summed E-state index contributed by atoms with van der Waals surface area (Å²) in [5.41, 5.74) is 16.9. The van der Waals surface area contributed by atoms with Crippen LogP contribution >= 0.6 is 0 Å². The predicted molar refractivity (Wildman–Crippen MR) is 196 cm³/mol. The number of imide groups is 1. The molecule has 0 saturated heterocycles. The number of hydrogen-bond donors (Lipinski definition) is 7. The minimum atomic E-state index is -4.86. The third-order valence-electron chi connectivity index (χ3n) is 8.41. The first-order valence-corrected chi connectivity index (χ1v) is 17.7. The van der Waals surface area contributed by atoms with E-state index in [4.69, 9.17) is 17.2 Å². The van der Waals surface area contributed by atoms with Gasteiger partial charge in [-0.15, -0.1) is 0 Å². The van der Waals surface area contributed by atoms with Crippen molar-refractivity contribution in [2.45, 2.75) is 89.3 Å². The zero-order chi connectivity index (χ0) is 39.8. The highest BCUT2D eigenvalue weighted by atomic mass is 19.4. The van der Waals surface area contributed by atoms with Gasteiger partial charge in [0.1, 0.15) is 29.5 Å². The van der Waals surface area contributed by atoms with E-state index < -0.39 is 71.3 Å². The Kier molecular flexibility index (Phi) is 16.7. The number of nitrogens with two attached hydrogens (primary N) is 3. The lowest BCUT2D eigenvalue weighted by atomic mass is 9.99.